The van der Waals surface area contributed by atoms with Gasteiger partial charge in [0.25, 0.3) is 5.91 Å². The van der Waals surface area contributed by atoms with Gasteiger partial charge < -0.3 is 15.5 Å². The summed E-state index contributed by atoms with van der Waals surface area (Å²) >= 11 is 2.04. The zero-order valence-corrected chi connectivity index (χ0v) is 19.3. The molecule has 1 atom stereocenters. The molecule has 1 saturated heterocycles. The Balaban J connectivity index is 0.00000338. The third kappa shape index (κ3) is 6.98. The van der Waals surface area contributed by atoms with Crippen LogP contribution in [-0.2, 0) is 6.54 Å². The third-order valence-electron chi connectivity index (χ3n) is 4.30. The summed E-state index contributed by atoms with van der Waals surface area (Å²) in [5.41, 5.74) is 1.79. The van der Waals surface area contributed by atoms with Gasteiger partial charge in [-0.15, -0.1) is 24.0 Å². The van der Waals surface area contributed by atoms with Crippen LogP contribution in [0.4, 0.5) is 0 Å². The fourth-order valence-electron chi connectivity index (χ4n) is 2.77. The maximum atomic E-state index is 11.9. The summed E-state index contributed by atoms with van der Waals surface area (Å²) in [5.74, 6) is 2.13. The van der Waals surface area contributed by atoms with Crippen LogP contribution in [0, 0.1) is 0 Å². The van der Waals surface area contributed by atoms with E-state index < -0.39 is 0 Å². The Morgan fingerprint density at radius 2 is 1.96 bits per heavy atom. The number of rotatable bonds is 6. The van der Waals surface area contributed by atoms with Gasteiger partial charge in [-0.1, -0.05) is 12.1 Å². The summed E-state index contributed by atoms with van der Waals surface area (Å²) in [6.07, 6.45) is 2.56. The number of amides is 1. The number of guanidine groups is 1. The standard InChI is InChI=1S/C19H30N4OS.HI/c1-5-20-18(22-14-19(2)11-6-12-25-19)21-13-15-7-9-16(10-8-15)17(24)23(3)4;/h7-10H,5-6,11-14H2,1-4H3,(H2,20,21,22);1H. The van der Waals surface area contributed by atoms with E-state index in [-0.39, 0.29) is 29.9 Å². The van der Waals surface area contributed by atoms with Crippen molar-refractivity contribution in [1.82, 2.24) is 15.5 Å². The summed E-state index contributed by atoms with van der Waals surface area (Å²) in [6.45, 7) is 6.76. The lowest BCUT2D eigenvalue weighted by atomic mass is 10.1. The monoisotopic (exact) mass is 490 g/mol. The molecule has 1 fully saturated rings. The number of benzene rings is 1. The van der Waals surface area contributed by atoms with Crippen molar-refractivity contribution in [3.63, 3.8) is 0 Å². The van der Waals surface area contributed by atoms with E-state index in [1.165, 1.54) is 18.6 Å². The van der Waals surface area contributed by atoms with Crippen LogP contribution < -0.4 is 10.6 Å². The number of thioether (sulfide) groups is 1. The summed E-state index contributed by atoms with van der Waals surface area (Å²) in [5, 5.41) is 6.78. The van der Waals surface area contributed by atoms with Gasteiger partial charge in [0.1, 0.15) is 0 Å². The lowest BCUT2D eigenvalue weighted by Gasteiger charge is -2.24. The van der Waals surface area contributed by atoms with Crippen molar-refractivity contribution in [3.05, 3.63) is 35.4 Å². The Bertz CT molecular complexity index is 598. The molecular formula is C19H31IN4OS. The third-order valence-corrected chi connectivity index (χ3v) is 5.84. The Morgan fingerprint density at radius 3 is 2.50 bits per heavy atom. The second-order valence-corrected chi connectivity index (χ2v) is 8.53. The molecule has 0 bridgehead atoms. The zero-order chi connectivity index (χ0) is 18.3. The predicted molar refractivity (Wildman–Crippen MR) is 123 cm³/mol. The van der Waals surface area contributed by atoms with Crippen molar-refractivity contribution in [2.24, 2.45) is 4.99 Å². The van der Waals surface area contributed by atoms with E-state index in [1.54, 1.807) is 19.0 Å². The molecule has 1 aromatic rings. The van der Waals surface area contributed by atoms with Crippen molar-refractivity contribution < 1.29 is 4.79 Å². The van der Waals surface area contributed by atoms with Crippen molar-refractivity contribution >= 4 is 47.6 Å². The first-order chi connectivity index (χ1) is 11.9. The molecule has 2 N–H and O–H groups in total. The highest BCUT2D eigenvalue weighted by Gasteiger charge is 2.29. The van der Waals surface area contributed by atoms with E-state index in [0.29, 0.717) is 16.9 Å². The molecule has 0 aliphatic carbocycles. The summed E-state index contributed by atoms with van der Waals surface area (Å²) in [7, 11) is 3.52. The van der Waals surface area contributed by atoms with Crippen LogP contribution in [0.25, 0.3) is 0 Å². The highest BCUT2D eigenvalue weighted by Crippen LogP contribution is 2.36. The SMILES string of the molecule is CCNC(=NCc1ccc(C(=O)N(C)C)cc1)NCC1(C)CCCS1.I. The van der Waals surface area contributed by atoms with E-state index in [1.807, 2.05) is 36.0 Å². The molecule has 2 rings (SSSR count). The molecule has 1 aliphatic rings. The fourth-order valence-corrected chi connectivity index (χ4v) is 4.01. The van der Waals surface area contributed by atoms with E-state index in [0.717, 1.165) is 24.6 Å². The van der Waals surface area contributed by atoms with Crippen LogP contribution in [0.2, 0.25) is 0 Å². The number of hydrogen-bond donors (Lipinski definition) is 2. The van der Waals surface area contributed by atoms with Gasteiger partial charge in [0.15, 0.2) is 5.96 Å². The first-order valence-corrected chi connectivity index (χ1v) is 9.89. The van der Waals surface area contributed by atoms with Crippen LogP contribution in [-0.4, -0.2) is 54.5 Å². The smallest absolute Gasteiger partial charge is 0.253 e. The van der Waals surface area contributed by atoms with Crippen molar-refractivity contribution in [2.75, 3.05) is 32.9 Å². The van der Waals surface area contributed by atoms with Gasteiger partial charge in [0.05, 0.1) is 6.54 Å². The molecule has 0 radical (unpaired) electrons. The number of hydrogen-bond acceptors (Lipinski definition) is 3. The maximum absolute atomic E-state index is 11.9. The highest BCUT2D eigenvalue weighted by atomic mass is 127. The number of carbonyl (C=O) groups excluding carboxylic acids is 1. The van der Waals surface area contributed by atoms with Gasteiger partial charge >= 0.3 is 0 Å². The van der Waals surface area contributed by atoms with Crippen molar-refractivity contribution in [3.8, 4) is 0 Å². The molecule has 1 heterocycles. The van der Waals surface area contributed by atoms with Crippen molar-refractivity contribution in [2.45, 2.75) is 38.0 Å². The Morgan fingerprint density at radius 1 is 1.27 bits per heavy atom. The van der Waals surface area contributed by atoms with Gasteiger partial charge in [-0.2, -0.15) is 11.8 Å². The van der Waals surface area contributed by atoms with E-state index in [4.69, 9.17) is 0 Å². The molecule has 0 aromatic heterocycles. The van der Waals surface area contributed by atoms with E-state index >= 15 is 0 Å². The molecule has 1 unspecified atom stereocenters. The molecule has 0 spiro atoms. The molecule has 1 aliphatic heterocycles. The number of aliphatic imine (C=N–C) groups is 1. The summed E-state index contributed by atoms with van der Waals surface area (Å²) in [4.78, 5) is 18.2. The average molecular weight is 490 g/mol. The number of nitrogens with one attached hydrogen (secondary N) is 2. The topological polar surface area (TPSA) is 56.7 Å². The lowest BCUT2D eigenvalue weighted by Crippen LogP contribution is -2.43. The van der Waals surface area contributed by atoms with Crippen molar-refractivity contribution in [1.29, 1.82) is 0 Å². The molecule has 0 saturated carbocycles. The minimum Gasteiger partial charge on any atom is -0.357 e. The Hall–Kier alpha value is -0.960. The second-order valence-electron chi connectivity index (χ2n) is 6.85. The summed E-state index contributed by atoms with van der Waals surface area (Å²) < 4.78 is 0.310. The fraction of sp³-hybridized carbons (Fsp3) is 0.579. The molecule has 1 amide bonds. The lowest BCUT2D eigenvalue weighted by molar-refractivity contribution is 0.0827. The van der Waals surface area contributed by atoms with Gasteiger partial charge in [-0.3, -0.25) is 4.79 Å². The van der Waals surface area contributed by atoms with Gasteiger partial charge in [-0.05, 0) is 50.1 Å². The molecule has 146 valence electrons. The Kier molecular flexibility index (Phi) is 9.78. The molecule has 26 heavy (non-hydrogen) atoms. The first-order valence-electron chi connectivity index (χ1n) is 8.90. The van der Waals surface area contributed by atoms with Crippen LogP contribution in [0.3, 0.4) is 0 Å². The minimum atomic E-state index is 0. The highest BCUT2D eigenvalue weighted by molar-refractivity contribution is 14.0. The predicted octanol–water partition coefficient (Wildman–Crippen LogP) is 3.35. The van der Waals surface area contributed by atoms with Gasteiger partial charge in [0.2, 0.25) is 0 Å². The zero-order valence-electron chi connectivity index (χ0n) is 16.2. The molecule has 5 nitrogen and oxygen atoms in total. The second kappa shape index (κ2) is 11.0. The number of nitrogens with zero attached hydrogens (tertiary/aromatic N) is 2. The molecule has 1 aromatic carbocycles. The molecule has 7 heteroatoms. The largest absolute Gasteiger partial charge is 0.357 e. The quantitative estimate of drug-likeness (QED) is 0.365. The first kappa shape index (κ1) is 23.1. The molecular weight excluding hydrogens is 459 g/mol. The van der Waals surface area contributed by atoms with E-state index in [2.05, 4.69) is 29.5 Å². The van der Waals surface area contributed by atoms with Crippen LogP contribution in [0.1, 0.15) is 42.6 Å². The van der Waals surface area contributed by atoms with Crippen LogP contribution in [0.5, 0.6) is 0 Å². The average Bonchev–Trinajstić information content (AvgIpc) is 3.04. The van der Waals surface area contributed by atoms with Gasteiger partial charge in [0, 0.05) is 37.5 Å². The number of carbonyl (C=O) groups is 1. The number of halogens is 1. The Labute approximate surface area is 178 Å². The van der Waals surface area contributed by atoms with Gasteiger partial charge in [-0.25, -0.2) is 4.99 Å². The maximum Gasteiger partial charge on any atom is 0.253 e. The normalized spacial score (nSPS) is 19.6. The van der Waals surface area contributed by atoms with E-state index in [9.17, 15) is 4.79 Å². The van der Waals surface area contributed by atoms with Crippen LogP contribution in [0.15, 0.2) is 29.3 Å². The summed E-state index contributed by atoms with van der Waals surface area (Å²) in [6, 6.07) is 7.67. The minimum absolute atomic E-state index is 0. The van der Waals surface area contributed by atoms with Crippen LogP contribution >= 0.6 is 35.7 Å².